The van der Waals surface area contributed by atoms with E-state index < -0.39 is 0 Å². The molecule has 0 amide bonds. The third-order valence-corrected chi connectivity index (χ3v) is 3.20. The molecule has 1 rings (SSSR count). The Balaban J connectivity index is 1.89. The Kier molecular flexibility index (Phi) is 6.45. The molecule has 1 fully saturated rings. The van der Waals surface area contributed by atoms with Gasteiger partial charge in [0.2, 0.25) is 0 Å². The highest BCUT2D eigenvalue weighted by molar-refractivity contribution is 5.69. The van der Waals surface area contributed by atoms with E-state index in [0.717, 1.165) is 12.3 Å². The van der Waals surface area contributed by atoms with Gasteiger partial charge in [-0.3, -0.25) is 4.79 Å². The third-order valence-electron chi connectivity index (χ3n) is 3.20. The molecule has 87 valence electrons. The van der Waals surface area contributed by atoms with Crippen LogP contribution in [0.3, 0.4) is 0 Å². The summed E-state index contributed by atoms with van der Waals surface area (Å²) in [6.07, 6.45) is 10.9. The molecule has 0 saturated heterocycles. The van der Waals surface area contributed by atoms with E-state index in [2.05, 4.69) is 6.92 Å². The fourth-order valence-corrected chi connectivity index (χ4v) is 2.27. The molecule has 1 aliphatic rings. The average Bonchev–Trinajstić information content (AvgIpc) is 2.29. The van der Waals surface area contributed by atoms with E-state index in [1.807, 2.05) is 0 Å². The minimum atomic E-state index is -0.173. The molecule has 15 heavy (non-hydrogen) atoms. The van der Waals surface area contributed by atoms with Crippen molar-refractivity contribution in [2.45, 2.75) is 57.8 Å². The number of ether oxygens (including phenoxy) is 1. The highest BCUT2D eigenvalue weighted by Crippen LogP contribution is 2.27. The Morgan fingerprint density at radius 1 is 1.20 bits per heavy atom. The van der Waals surface area contributed by atoms with Crippen LogP contribution in [0.5, 0.6) is 0 Å². The molecule has 1 saturated carbocycles. The average molecular weight is 211 g/mol. The Morgan fingerprint density at radius 2 is 1.93 bits per heavy atom. The molecule has 0 heterocycles. The molecule has 0 atom stereocenters. The van der Waals surface area contributed by atoms with E-state index in [-0.39, 0.29) is 12.4 Å². The molecule has 1 aliphatic carbocycles. The van der Waals surface area contributed by atoms with Gasteiger partial charge in [-0.05, 0) is 25.7 Å². The van der Waals surface area contributed by atoms with Crippen LogP contribution >= 0.6 is 0 Å². The number of unbranched alkanes of at least 4 members (excludes halogenated alkanes) is 1. The van der Waals surface area contributed by atoms with Gasteiger partial charge in [-0.15, -0.1) is 0 Å². The van der Waals surface area contributed by atoms with E-state index in [4.69, 9.17) is 4.74 Å². The predicted octanol–water partition coefficient (Wildman–Crippen LogP) is 3.50. The normalized spacial score (nSPS) is 17.7. The Hall–Kier alpha value is -0.530. The van der Waals surface area contributed by atoms with Crippen molar-refractivity contribution in [3.8, 4) is 0 Å². The van der Waals surface area contributed by atoms with Crippen LogP contribution in [0.25, 0.3) is 0 Å². The number of rotatable bonds is 6. The smallest absolute Gasteiger partial charge is 0.305 e. The summed E-state index contributed by atoms with van der Waals surface area (Å²) >= 11 is 0. The number of esters is 1. The molecule has 0 spiro atoms. The zero-order chi connectivity index (χ0) is 10.9. The zero-order valence-corrected chi connectivity index (χ0v) is 9.67. The van der Waals surface area contributed by atoms with Crippen LogP contribution in [0.15, 0.2) is 0 Å². The van der Waals surface area contributed by atoms with Crippen LogP contribution in [-0.2, 0) is 9.53 Å². The van der Waals surface area contributed by atoms with Crippen molar-refractivity contribution in [3.05, 3.63) is 6.92 Å². The minimum Gasteiger partial charge on any atom is -0.466 e. The zero-order valence-electron chi connectivity index (χ0n) is 9.67. The van der Waals surface area contributed by atoms with E-state index in [1.165, 1.54) is 44.9 Å². The maximum Gasteiger partial charge on any atom is 0.305 e. The van der Waals surface area contributed by atoms with Crippen molar-refractivity contribution < 1.29 is 9.53 Å². The second-order valence-electron chi connectivity index (χ2n) is 4.47. The van der Waals surface area contributed by atoms with E-state index in [1.54, 1.807) is 0 Å². The topological polar surface area (TPSA) is 26.3 Å². The van der Waals surface area contributed by atoms with Gasteiger partial charge in [0.05, 0.1) is 6.61 Å². The molecular weight excluding hydrogens is 188 g/mol. The van der Waals surface area contributed by atoms with Gasteiger partial charge in [-0.2, -0.15) is 0 Å². The summed E-state index contributed by atoms with van der Waals surface area (Å²) in [4.78, 5) is 10.8. The van der Waals surface area contributed by atoms with E-state index in [9.17, 15) is 4.79 Å². The summed E-state index contributed by atoms with van der Waals surface area (Å²) in [7, 11) is 0. The lowest BCUT2D eigenvalue weighted by molar-refractivity contribution is -0.142. The fraction of sp³-hybridized carbons (Fsp3) is 0.846. The van der Waals surface area contributed by atoms with Crippen molar-refractivity contribution in [1.29, 1.82) is 0 Å². The van der Waals surface area contributed by atoms with Gasteiger partial charge >= 0.3 is 5.97 Å². The molecule has 0 aliphatic heterocycles. The lowest BCUT2D eigenvalue weighted by Crippen LogP contribution is -2.07. The van der Waals surface area contributed by atoms with Gasteiger partial charge in [0.15, 0.2) is 0 Å². The summed E-state index contributed by atoms with van der Waals surface area (Å²) < 4.78 is 4.98. The first-order chi connectivity index (χ1) is 7.33. The number of carbonyl (C=O) groups excluding carboxylic acids is 1. The van der Waals surface area contributed by atoms with Gasteiger partial charge in [0.25, 0.3) is 0 Å². The lowest BCUT2D eigenvalue weighted by atomic mass is 9.86. The molecule has 0 aromatic carbocycles. The van der Waals surface area contributed by atoms with Crippen LogP contribution < -0.4 is 0 Å². The number of hydrogen-bond acceptors (Lipinski definition) is 2. The van der Waals surface area contributed by atoms with Gasteiger partial charge in [-0.25, -0.2) is 0 Å². The standard InChI is InChI=1S/C13H23O2/c1-2-13(14)15-11-7-6-10-12-8-4-3-5-9-12/h12H,1-11H2. The first kappa shape index (κ1) is 12.5. The maximum absolute atomic E-state index is 10.8. The monoisotopic (exact) mass is 211 g/mol. The van der Waals surface area contributed by atoms with Gasteiger partial charge in [0.1, 0.15) is 0 Å². The number of hydrogen-bond donors (Lipinski definition) is 0. The molecular formula is C13H23O2. The minimum absolute atomic E-state index is 0.173. The maximum atomic E-state index is 10.8. The van der Waals surface area contributed by atoms with Crippen molar-refractivity contribution in [1.82, 2.24) is 0 Å². The van der Waals surface area contributed by atoms with Gasteiger partial charge in [0, 0.05) is 6.42 Å². The highest BCUT2D eigenvalue weighted by Gasteiger charge is 2.12. The van der Waals surface area contributed by atoms with E-state index >= 15 is 0 Å². The molecule has 2 heteroatoms. The van der Waals surface area contributed by atoms with Gasteiger partial charge < -0.3 is 4.74 Å². The summed E-state index contributed by atoms with van der Waals surface area (Å²) in [6.45, 7) is 4.07. The van der Waals surface area contributed by atoms with E-state index in [0.29, 0.717) is 6.61 Å². The van der Waals surface area contributed by atoms with Crippen molar-refractivity contribution in [2.24, 2.45) is 5.92 Å². The SMILES string of the molecule is [CH2]CC(=O)OCCCCC1CCCCC1. The lowest BCUT2D eigenvalue weighted by Gasteiger charge is -2.21. The predicted molar refractivity (Wildman–Crippen MR) is 61.4 cm³/mol. The van der Waals surface area contributed by atoms with Crippen LogP contribution in [0.2, 0.25) is 0 Å². The first-order valence-electron chi connectivity index (χ1n) is 6.28. The van der Waals surface area contributed by atoms with Crippen LogP contribution in [0.4, 0.5) is 0 Å². The number of carbonyl (C=O) groups is 1. The molecule has 0 aromatic rings. The van der Waals surface area contributed by atoms with Gasteiger partial charge in [-0.1, -0.05) is 38.5 Å². The van der Waals surface area contributed by atoms with Crippen LogP contribution in [-0.4, -0.2) is 12.6 Å². The van der Waals surface area contributed by atoms with Crippen molar-refractivity contribution in [2.75, 3.05) is 6.61 Å². The molecule has 0 aromatic heterocycles. The fourth-order valence-electron chi connectivity index (χ4n) is 2.27. The largest absolute Gasteiger partial charge is 0.466 e. The summed E-state index contributed by atoms with van der Waals surface area (Å²) in [5.74, 6) is 0.773. The Labute approximate surface area is 93.4 Å². The first-order valence-corrected chi connectivity index (χ1v) is 6.28. The molecule has 2 nitrogen and oxygen atoms in total. The molecule has 0 N–H and O–H groups in total. The molecule has 0 unspecified atom stereocenters. The Bertz CT molecular complexity index is 171. The van der Waals surface area contributed by atoms with Crippen LogP contribution in [0.1, 0.15) is 57.8 Å². The Morgan fingerprint density at radius 3 is 2.60 bits per heavy atom. The quantitative estimate of drug-likeness (QED) is 0.496. The third kappa shape index (κ3) is 5.81. The molecule has 0 bridgehead atoms. The summed E-state index contributed by atoms with van der Waals surface area (Å²) in [5, 5.41) is 0. The summed E-state index contributed by atoms with van der Waals surface area (Å²) in [6, 6.07) is 0. The van der Waals surface area contributed by atoms with Crippen molar-refractivity contribution in [3.63, 3.8) is 0 Å². The molecule has 1 radical (unpaired) electrons. The second-order valence-corrected chi connectivity index (χ2v) is 4.47. The van der Waals surface area contributed by atoms with Crippen molar-refractivity contribution >= 4 is 5.97 Å². The second kappa shape index (κ2) is 7.72. The highest BCUT2D eigenvalue weighted by atomic mass is 16.5. The van der Waals surface area contributed by atoms with Crippen LogP contribution in [0, 0.1) is 12.8 Å². The summed E-state index contributed by atoms with van der Waals surface area (Å²) in [5.41, 5.74) is 0.